The van der Waals surface area contributed by atoms with Crippen molar-refractivity contribution in [3.8, 4) is 0 Å². The van der Waals surface area contributed by atoms with Crippen LogP contribution < -0.4 is 5.32 Å². The molecule has 0 saturated carbocycles. The Morgan fingerprint density at radius 3 is 3.15 bits per heavy atom. The zero-order valence-electron chi connectivity index (χ0n) is 7.54. The molecule has 2 rings (SSSR count). The van der Waals surface area contributed by atoms with Crippen LogP contribution in [-0.4, -0.2) is 23.9 Å². The van der Waals surface area contributed by atoms with Gasteiger partial charge in [0.1, 0.15) is 5.78 Å². The normalized spacial score (nSPS) is 23.5. The Labute approximate surface area is 81.2 Å². The summed E-state index contributed by atoms with van der Waals surface area (Å²) in [6.45, 7) is 3.57. The maximum Gasteiger partial charge on any atom is 0.143 e. The highest BCUT2D eigenvalue weighted by atomic mass is 32.1. The fourth-order valence-electron chi connectivity index (χ4n) is 1.54. The number of rotatable bonds is 1. The van der Waals surface area contributed by atoms with Gasteiger partial charge < -0.3 is 5.32 Å². The third-order valence-electron chi connectivity index (χ3n) is 2.27. The lowest BCUT2D eigenvalue weighted by Crippen LogP contribution is -2.34. The Bertz CT molecular complexity index is 321. The Morgan fingerprint density at radius 2 is 2.54 bits per heavy atom. The van der Waals surface area contributed by atoms with Gasteiger partial charge in [0.2, 0.25) is 0 Å². The molecule has 0 aromatic carbocycles. The molecular formula is C9H12N2OS. The van der Waals surface area contributed by atoms with Gasteiger partial charge in [-0.25, -0.2) is 4.98 Å². The Hall–Kier alpha value is -0.740. The second-order valence-electron chi connectivity index (χ2n) is 3.25. The average Bonchev–Trinajstić information content (AvgIpc) is 2.53. The molecule has 0 aliphatic carbocycles. The van der Waals surface area contributed by atoms with Gasteiger partial charge in [0.25, 0.3) is 0 Å². The molecule has 2 heterocycles. The molecule has 1 aliphatic heterocycles. The van der Waals surface area contributed by atoms with Crippen molar-refractivity contribution in [2.45, 2.75) is 19.3 Å². The number of hydrogen-bond donors (Lipinski definition) is 1. The molecule has 1 aromatic heterocycles. The van der Waals surface area contributed by atoms with Gasteiger partial charge in [-0.1, -0.05) is 0 Å². The van der Waals surface area contributed by atoms with Crippen molar-refractivity contribution in [3.05, 3.63) is 16.1 Å². The highest BCUT2D eigenvalue weighted by Gasteiger charge is 2.24. The molecule has 1 saturated heterocycles. The van der Waals surface area contributed by atoms with Crippen LogP contribution in [0.5, 0.6) is 0 Å². The van der Waals surface area contributed by atoms with Gasteiger partial charge in [-0.2, -0.15) is 0 Å². The highest BCUT2D eigenvalue weighted by molar-refractivity contribution is 7.11. The molecule has 4 heteroatoms. The maximum absolute atomic E-state index is 11.5. The van der Waals surface area contributed by atoms with Gasteiger partial charge in [-0.15, -0.1) is 11.3 Å². The standard InChI is InChI=1S/C9H12N2OS/c1-6-11-5-9(13-6)7-4-10-3-2-8(7)12/h5,7,10H,2-4H2,1H3. The number of hydrogen-bond acceptors (Lipinski definition) is 4. The van der Waals surface area contributed by atoms with Crippen molar-refractivity contribution in [2.75, 3.05) is 13.1 Å². The van der Waals surface area contributed by atoms with E-state index in [4.69, 9.17) is 0 Å². The fourth-order valence-corrected chi connectivity index (χ4v) is 2.45. The zero-order chi connectivity index (χ0) is 9.26. The number of carbonyl (C=O) groups excluding carboxylic acids is 1. The molecule has 1 aliphatic rings. The van der Waals surface area contributed by atoms with Gasteiger partial charge in [-0.05, 0) is 6.92 Å². The van der Waals surface area contributed by atoms with E-state index in [1.165, 1.54) is 0 Å². The van der Waals surface area contributed by atoms with Crippen LogP contribution in [0.3, 0.4) is 0 Å². The molecule has 1 fully saturated rings. The van der Waals surface area contributed by atoms with Gasteiger partial charge in [-0.3, -0.25) is 4.79 Å². The van der Waals surface area contributed by atoms with Crippen LogP contribution in [0.1, 0.15) is 22.2 Å². The van der Waals surface area contributed by atoms with Crippen LogP contribution in [-0.2, 0) is 4.79 Å². The van der Waals surface area contributed by atoms with Crippen molar-refractivity contribution < 1.29 is 4.79 Å². The summed E-state index contributed by atoms with van der Waals surface area (Å²) in [7, 11) is 0. The van der Waals surface area contributed by atoms with E-state index in [9.17, 15) is 4.79 Å². The topological polar surface area (TPSA) is 42.0 Å². The summed E-state index contributed by atoms with van der Waals surface area (Å²) in [5.41, 5.74) is 0. The number of aromatic nitrogens is 1. The Kier molecular flexibility index (Phi) is 2.42. The number of piperidine rings is 1. The SMILES string of the molecule is Cc1ncc(C2CNCCC2=O)s1. The van der Waals surface area contributed by atoms with Crippen LogP contribution in [0.15, 0.2) is 6.20 Å². The quantitative estimate of drug-likeness (QED) is 0.731. The minimum Gasteiger partial charge on any atom is -0.315 e. The Morgan fingerprint density at radius 1 is 1.69 bits per heavy atom. The predicted octanol–water partition coefficient (Wildman–Crippen LogP) is 1.10. The summed E-state index contributed by atoms with van der Waals surface area (Å²) < 4.78 is 0. The van der Waals surface area contributed by atoms with Crippen LogP contribution in [0.4, 0.5) is 0 Å². The monoisotopic (exact) mass is 196 g/mol. The molecule has 0 radical (unpaired) electrons. The number of thiazole rings is 1. The number of nitrogens with one attached hydrogen (secondary N) is 1. The summed E-state index contributed by atoms with van der Waals surface area (Å²) in [6, 6.07) is 0. The van der Waals surface area contributed by atoms with Crippen molar-refractivity contribution in [1.82, 2.24) is 10.3 Å². The molecule has 0 amide bonds. The van der Waals surface area contributed by atoms with E-state index in [0.29, 0.717) is 12.2 Å². The molecule has 13 heavy (non-hydrogen) atoms. The van der Waals surface area contributed by atoms with Crippen LogP contribution in [0, 0.1) is 6.92 Å². The lowest BCUT2D eigenvalue weighted by atomic mass is 9.97. The maximum atomic E-state index is 11.5. The number of ketones is 1. The molecule has 1 N–H and O–H groups in total. The van der Waals surface area contributed by atoms with E-state index in [2.05, 4.69) is 10.3 Å². The molecule has 1 unspecified atom stereocenters. The molecule has 1 aromatic rings. The third-order valence-corrected chi connectivity index (χ3v) is 3.29. The molecule has 3 nitrogen and oxygen atoms in total. The molecule has 70 valence electrons. The molecular weight excluding hydrogens is 184 g/mol. The van der Waals surface area contributed by atoms with Crippen LogP contribution in [0.2, 0.25) is 0 Å². The fraction of sp³-hybridized carbons (Fsp3) is 0.556. The number of aryl methyl sites for hydroxylation is 1. The second kappa shape index (κ2) is 3.55. The lowest BCUT2D eigenvalue weighted by Gasteiger charge is -2.19. The van der Waals surface area contributed by atoms with Gasteiger partial charge in [0.15, 0.2) is 0 Å². The lowest BCUT2D eigenvalue weighted by molar-refractivity contribution is -0.121. The summed E-state index contributed by atoms with van der Waals surface area (Å²) in [5, 5.41) is 4.27. The number of Topliss-reactive ketones (excluding diaryl/α,β-unsaturated/α-hetero) is 1. The Balaban J connectivity index is 2.19. The zero-order valence-corrected chi connectivity index (χ0v) is 8.36. The highest BCUT2D eigenvalue weighted by Crippen LogP contribution is 2.25. The van der Waals surface area contributed by atoms with Crippen molar-refractivity contribution in [2.24, 2.45) is 0 Å². The summed E-state index contributed by atoms with van der Waals surface area (Å²) in [5.74, 6) is 0.405. The molecule has 1 atom stereocenters. The number of carbonyl (C=O) groups is 1. The summed E-state index contributed by atoms with van der Waals surface area (Å²) in [4.78, 5) is 16.8. The first-order chi connectivity index (χ1) is 6.27. The minimum absolute atomic E-state index is 0.0555. The minimum atomic E-state index is 0.0555. The van der Waals surface area contributed by atoms with E-state index >= 15 is 0 Å². The van der Waals surface area contributed by atoms with Gasteiger partial charge in [0.05, 0.1) is 10.9 Å². The van der Waals surface area contributed by atoms with Crippen molar-refractivity contribution in [3.63, 3.8) is 0 Å². The van der Waals surface area contributed by atoms with E-state index in [-0.39, 0.29) is 5.92 Å². The van der Waals surface area contributed by atoms with Crippen LogP contribution >= 0.6 is 11.3 Å². The predicted molar refractivity (Wildman–Crippen MR) is 52.1 cm³/mol. The largest absolute Gasteiger partial charge is 0.315 e. The first-order valence-electron chi connectivity index (χ1n) is 4.43. The van der Waals surface area contributed by atoms with Gasteiger partial charge >= 0.3 is 0 Å². The summed E-state index contributed by atoms with van der Waals surface area (Å²) >= 11 is 1.63. The van der Waals surface area contributed by atoms with E-state index in [0.717, 1.165) is 23.0 Å². The summed E-state index contributed by atoms with van der Waals surface area (Å²) in [6.07, 6.45) is 2.48. The van der Waals surface area contributed by atoms with Crippen molar-refractivity contribution in [1.29, 1.82) is 0 Å². The smallest absolute Gasteiger partial charge is 0.143 e. The van der Waals surface area contributed by atoms with E-state index in [1.807, 2.05) is 13.1 Å². The molecule has 0 bridgehead atoms. The second-order valence-corrected chi connectivity index (χ2v) is 4.52. The first kappa shape index (κ1) is 8.84. The average molecular weight is 196 g/mol. The molecule has 0 spiro atoms. The van der Waals surface area contributed by atoms with Crippen LogP contribution in [0.25, 0.3) is 0 Å². The first-order valence-corrected chi connectivity index (χ1v) is 5.25. The van der Waals surface area contributed by atoms with Gasteiger partial charge in [0, 0.05) is 30.6 Å². The number of nitrogens with zero attached hydrogens (tertiary/aromatic N) is 1. The van der Waals surface area contributed by atoms with E-state index < -0.39 is 0 Å². The van der Waals surface area contributed by atoms with Crippen molar-refractivity contribution >= 4 is 17.1 Å². The third kappa shape index (κ3) is 1.78. The van der Waals surface area contributed by atoms with E-state index in [1.54, 1.807) is 11.3 Å².